The number of amides is 1. The van der Waals surface area contributed by atoms with Crippen molar-refractivity contribution in [3.63, 3.8) is 0 Å². The highest BCUT2D eigenvalue weighted by atomic mass is 19.4. The van der Waals surface area contributed by atoms with E-state index in [1.807, 2.05) is 0 Å². The molecule has 13 heteroatoms. The fourth-order valence-corrected chi connectivity index (χ4v) is 2.62. The number of hydrogen-bond donors (Lipinski definition) is 2. The van der Waals surface area contributed by atoms with Gasteiger partial charge in [0.25, 0.3) is 0 Å². The monoisotopic (exact) mass is 474 g/mol. The lowest BCUT2D eigenvalue weighted by atomic mass is 9.97. The van der Waals surface area contributed by atoms with Crippen molar-refractivity contribution < 1.29 is 49.0 Å². The SMILES string of the molecule is NC(CC(F)(F)F)C(=O)NC(c1ccc(F)cc1)c1cc(F)cc(OC(F)(F)C(F)F)c1. The summed E-state index contributed by atoms with van der Waals surface area (Å²) < 4.78 is 120. The van der Waals surface area contributed by atoms with Crippen LogP contribution in [0, 0.1) is 11.6 Å². The van der Waals surface area contributed by atoms with Gasteiger partial charge in [0.15, 0.2) is 0 Å². The summed E-state index contributed by atoms with van der Waals surface area (Å²) in [5.74, 6) is -4.37. The number of rotatable bonds is 8. The van der Waals surface area contributed by atoms with Gasteiger partial charge in [-0.1, -0.05) is 12.1 Å². The van der Waals surface area contributed by atoms with E-state index in [9.17, 15) is 44.3 Å². The minimum atomic E-state index is -4.98. The molecule has 1 amide bonds. The fraction of sp³-hybridized carbons (Fsp3) is 0.316. The van der Waals surface area contributed by atoms with E-state index in [1.165, 1.54) is 0 Å². The summed E-state index contributed by atoms with van der Waals surface area (Å²) in [6.45, 7) is 0. The minimum Gasteiger partial charge on any atom is -0.428 e. The lowest BCUT2D eigenvalue weighted by Crippen LogP contribution is -2.44. The molecule has 2 aromatic carbocycles. The van der Waals surface area contributed by atoms with E-state index >= 15 is 0 Å². The zero-order valence-electron chi connectivity index (χ0n) is 15.8. The van der Waals surface area contributed by atoms with Crippen LogP contribution in [0.3, 0.4) is 0 Å². The second-order valence-electron chi connectivity index (χ2n) is 6.60. The van der Waals surface area contributed by atoms with Crippen molar-refractivity contribution in [2.24, 2.45) is 5.73 Å². The van der Waals surface area contributed by atoms with Crippen LogP contribution in [0.15, 0.2) is 42.5 Å². The maximum atomic E-state index is 14.0. The summed E-state index contributed by atoms with van der Waals surface area (Å²) in [7, 11) is 0. The van der Waals surface area contributed by atoms with Crippen LogP contribution in [-0.4, -0.2) is 30.7 Å². The first-order chi connectivity index (χ1) is 14.7. The van der Waals surface area contributed by atoms with Gasteiger partial charge in [-0.05, 0) is 35.4 Å². The summed E-state index contributed by atoms with van der Waals surface area (Å²) in [5.41, 5.74) is 4.86. The smallest absolute Gasteiger partial charge is 0.428 e. The minimum absolute atomic E-state index is 0.00358. The third kappa shape index (κ3) is 7.04. The number of carbonyl (C=O) groups is 1. The van der Waals surface area contributed by atoms with Crippen LogP contribution in [-0.2, 0) is 4.79 Å². The Kier molecular flexibility index (Phi) is 7.65. The lowest BCUT2D eigenvalue weighted by molar-refractivity contribution is -0.253. The average molecular weight is 474 g/mol. The maximum Gasteiger partial charge on any atom is 0.461 e. The molecule has 0 saturated heterocycles. The molecule has 2 rings (SSSR count). The highest BCUT2D eigenvalue weighted by molar-refractivity contribution is 5.82. The van der Waals surface area contributed by atoms with Crippen molar-refractivity contribution in [1.29, 1.82) is 0 Å². The first-order valence-electron chi connectivity index (χ1n) is 8.71. The molecule has 2 aromatic rings. The van der Waals surface area contributed by atoms with E-state index < -0.39 is 60.5 Å². The first kappa shape index (κ1) is 25.3. The van der Waals surface area contributed by atoms with E-state index in [1.54, 1.807) is 0 Å². The number of halogens is 9. The predicted molar refractivity (Wildman–Crippen MR) is 93.0 cm³/mol. The van der Waals surface area contributed by atoms with Crippen LogP contribution in [0.25, 0.3) is 0 Å². The number of carbonyl (C=O) groups excluding carboxylic acids is 1. The molecule has 0 bridgehead atoms. The molecule has 2 unspecified atom stereocenters. The number of hydrogen-bond acceptors (Lipinski definition) is 3. The zero-order chi connectivity index (χ0) is 24.3. The Morgan fingerprint density at radius 3 is 2.06 bits per heavy atom. The van der Waals surface area contributed by atoms with Crippen LogP contribution < -0.4 is 15.8 Å². The van der Waals surface area contributed by atoms with Gasteiger partial charge in [-0.2, -0.15) is 30.7 Å². The second kappa shape index (κ2) is 9.67. The Labute approximate surface area is 175 Å². The van der Waals surface area contributed by atoms with E-state index in [0.717, 1.165) is 24.3 Å². The number of ether oxygens (including phenoxy) is 1. The molecule has 0 aliphatic rings. The van der Waals surface area contributed by atoms with Crippen molar-refractivity contribution in [1.82, 2.24) is 5.32 Å². The van der Waals surface area contributed by atoms with E-state index in [0.29, 0.717) is 18.2 Å². The van der Waals surface area contributed by atoms with Gasteiger partial charge in [-0.15, -0.1) is 0 Å². The standard InChI is InChI=1S/C19H15F9N2O2/c20-11-3-1-9(2-4-11)15(30-16(31)14(29)8-18(24,25)26)10-5-12(21)7-13(6-10)32-19(27,28)17(22)23/h1-7,14-15,17H,8,29H2,(H,30,31). The van der Waals surface area contributed by atoms with Crippen LogP contribution in [0.5, 0.6) is 5.75 Å². The van der Waals surface area contributed by atoms with Crippen LogP contribution in [0.4, 0.5) is 39.5 Å². The summed E-state index contributed by atoms with van der Waals surface area (Å²) in [6.07, 6.45) is -15.7. The normalized spacial score (nSPS) is 14.2. The maximum absolute atomic E-state index is 14.0. The molecule has 0 saturated carbocycles. The molecule has 0 aromatic heterocycles. The van der Waals surface area contributed by atoms with Crippen LogP contribution in [0.2, 0.25) is 0 Å². The number of nitrogens with two attached hydrogens (primary N) is 1. The summed E-state index contributed by atoms with van der Waals surface area (Å²) in [4.78, 5) is 12.2. The van der Waals surface area contributed by atoms with E-state index in [-0.39, 0.29) is 11.1 Å². The number of alkyl halides is 7. The van der Waals surface area contributed by atoms with Gasteiger partial charge in [-0.25, -0.2) is 8.78 Å². The molecule has 2 atom stereocenters. The van der Waals surface area contributed by atoms with Crippen molar-refractivity contribution >= 4 is 5.91 Å². The topological polar surface area (TPSA) is 64.4 Å². The molecule has 0 fully saturated rings. The second-order valence-corrected chi connectivity index (χ2v) is 6.60. The molecule has 32 heavy (non-hydrogen) atoms. The molecular weight excluding hydrogens is 459 g/mol. The predicted octanol–water partition coefficient (Wildman–Crippen LogP) is 4.69. The van der Waals surface area contributed by atoms with Gasteiger partial charge in [0.2, 0.25) is 5.91 Å². The molecule has 0 radical (unpaired) electrons. The molecule has 0 aliphatic carbocycles. The Hall–Kier alpha value is -2.96. The van der Waals surface area contributed by atoms with Crippen molar-refractivity contribution in [2.75, 3.05) is 0 Å². The molecule has 0 spiro atoms. The van der Waals surface area contributed by atoms with Gasteiger partial charge < -0.3 is 15.8 Å². The van der Waals surface area contributed by atoms with Gasteiger partial charge in [0.05, 0.1) is 18.5 Å². The highest BCUT2D eigenvalue weighted by Crippen LogP contribution is 2.32. The summed E-state index contributed by atoms with van der Waals surface area (Å²) in [6, 6.07) is 2.10. The Morgan fingerprint density at radius 1 is 0.938 bits per heavy atom. The van der Waals surface area contributed by atoms with Gasteiger partial charge in [0.1, 0.15) is 17.4 Å². The summed E-state index contributed by atoms with van der Waals surface area (Å²) in [5, 5.41) is 2.09. The van der Waals surface area contributed by atoms with Crippen molar-refractivity contribution in [3.8, 4) is 5.75 Å². The Balaban J connectivity index is 2.44. The quantitative estimate of drug-likeness (QED) is 0.546. The van der Waals surface area contributed by atoms with Crippen LogP contribution >= 0.6 is 0 Å². The average Bonchev–Trinajstić information content (AvgIpc) is 2.64. The molecule has 4 nitrogen and oxygen atoms in total. The molecule has 3 N–H and O–H groups in total. The van der Waals surface area contributed by atoms with E-state index in [4.69, 9.17) is 5.73 Å². The van der Waals surface area contributed by atoms with Gasteiger partial charge >= 0.3 is 18.7 Å². The number of benzene rings is 2. The fourth-order valence-electron chi connectivity index (χ4n) is 2.62. The van der Waals surface area contributed by atoms with Gasteiger partial charge in [-0.3, -0.25) is 4.79 Å². The Morgan fingerprint density at radius 2 is 1.53 bits per heavy atom. The van der Waals surface area contributed by atoms with Crippen LogP contribution in [0.1, 0.15) is 23.6 Å². The third-order valence-corrected chi connectivity index (χ3v) is 4.01. The van der Waals surface area contributed by atoms with E-state index in [2.05, 4.69) is 10.1 Å². The van der Waals surface area contributed by atoms with Crippen molar-refractivity contribution in [2.45, 2.75) is 37.2 Å². The highest BCUT2D eigenvalue weighted by Gasteiger charge is 2.44. The lowest BCUT2D eigenvalue weighted by Gasteiger charge is -2.24. The molecular formula is C19H15F9N2O2. The first-order valence-corrected chi connectivity index (χ1v) is 8.71. The summed E-state index contributed by atoms with van der Waals surface area (Å²) >= 11 is 0. The molecule has 176 valence electrons. The van der Waals surface area contributed by atoms with Crippen molar-refractivity contribution in [3.05, 3.63) is 65.2 Å². The zero-order valence-corrected chi connectivity index (χ0v) is 15.8. The molecule has 0 heterocycles. The Bertz CT molecular complexity index is 933. The molecule has 0 aliphatic heterocycles. The number of nitrogens with one attached hydrogen (secondary N) is 1. The largest absolute Gasteiger partial charge is 0.461 e. The third-order valence-electron chi connectivity index (χ3n) is 4.01. The van der Waals surface area contributed by atoms with Gasteiger partial charge in [0, 0.05) is 6.07 Å².